The molecule has 1 aliphatic carbocycles. The summed E-state index contributed by atoms with van der Waals surface area (Å²) in [4.78, 5) is 0. The fraction of sp³-hybridized carbons (Fsp3) is 0.294. The van der Waals surface area contributed by atoms with E-state index >= 15 is 0 Å². The van der Waals surface area contributed by atoms with Crippen LogP contribution in [0.1, 0.15) is 35.2 Å². The molecule has 6 heteroatoms. The molecule has 0 amide bonds. The number of aryl methyl sites for hydroxylation is 1. The Hall–Kier alpha value is -1.56. The van der Waals surface area contributed by atoms with E-state index in [1.165, 1.54) is 0 Å². The van der Waals surface area contributed by atoms with Crippen LogP contribution in [0.25, 0.3) is 0 Å². The van der Waals surface area contributed by atoms with Gasteiger partial charge in [-0.25, -0.2) is 13.2 Å². The van der Waals surface area contributed by atoms with Crippen molar-refractivity contribution in [2.75, 3.05) is 6.61 Å². The maximum atomic E-state index is 13.4. The standard InChI is InChI=1S/C17H15ClF3NO/c18-11-2-3-12-9(5-11)1-4-15(12)22-16(8-23)10-6-13(19)17(21)14(20)7-10/h2-3,5-7,15-16,22-23H,1,4,8H2. The first kappa shape index (κ1) is 16.3. The Labute approximate surface area is 136 Å². The van der Waals surface area contributed by atoms with Crippen molar-refractivity contribution < 1.29 is 18.3 Å². The largest absolute Gasteiger partial charge is 0.394 e. The molecule has 0 heterocycles. The Morgan fingerprint density at radius 1 is 1.17 bits per heavy atom. The molecule has 23 heavy (non-hydrogen) atoms. The van der Waals surface area contributed by atoms with Crippen molar-refractivity contribution in [1.82, 2.24) is 5.32 Å². The van der Waals surface area contributed by atoms with Gasteiger partial charge in [-0.2, -0.15) is 0 Å². The maximum Gasteiger partial charge on any atom is 0.194 e. The number of rotatable bonds is 4. The highest BCUT2D eigenvalue weighted by atomic mass is 35.5. The molecule has 2 aromatic carbocycles. The van der Waals surface area contributed by atoms with Gasteiger partial charge < -0.3 is 10.4 Å². The van der Waals surface area contributed by atoms with Gasteiger partial charge in [0.2, 0.25) is 0 Å². The van der Waals surface area contributed by atoms with Crippen LogP contribution in [0.2, 0.25) is 5.02 Å². The van der Waals surface area contributed by atoms with Crippen molar-refractivity contribution in [2.24, 2.45) is 0 Å². The van der Waals surface area contributed by atoms with E-state index in [9.17, 15) is 18.3 Å². The molecular formula is C17H15ClF3NO. The number of aliphatic hydroxyl groups is 1. The Kier molecular flexibility index (Phi) is 4.62. The van der Waals surface area contributed by atoms with E-state index in [1.807, 2.05) is 12.1 Å². The van der Waals surface area contributed by atoms with Gasteiger partial charge in [0.05, 0.1) is 12.6 Å². The van der Waals surface area contributed by atoms with Crippen LogP contribution in [-0.4, -0.2) is 11.7 Å². The number of aliphatic hydroxyl groups excluding tert-OH is 1. The predicted octanol–water partition coefficient (Wildman–Crippen LogP) is 4.07. The first-order valence-electron chi connectivity index (χ1n) is 7.29. The Morgan fingerprint density at radius 3 is 2.52 bits per heavy atom. The molecule has 0 fully saturated rings. The molecule has 2 atom stereocenters. The lowest BCUT2D eigenvalue weighted by Gasteiger charge is -2.23. The lowest BCUT2D eigenvalue weighted by molar-refractivity contribution is 0.232. The molecule has 0 saturated heterocycles. The molecule has 2 nitrogen and oxygen atoms in total. The van der Waals surface area contributed by atoms with Gasteiger partial charge in [-0.05, 0) is 53.8 Å². The third-order valence-corrected chi connectivity index (χ3v) is 4.41. The molecule has 2 aromatic rings. The van der Waals surface area contributed by atoms with Crippen molar-refractivity contribution in [3.05, 3.63) is 69.5 Å². The van der Waals surface area contributed by atoms with E-state index in [2.05, 4.69) is 5.32 Å². The fourth-order valence-corrected chi connectivity index (χ4v) is 3.23. The molecule has 2 N–H and O–H groups in total. The van der Waals surface area contributed by atoms with Gasteiger partial charge in [-0.1, -0.05) is 17.7 Å². The van der Waals surface area contributed by atoms with Crippen LogP contribution in [0, 0.1) is 17.5 Å². The lowest BCUT2D eigenvalue weighted by atomic mass is 10.0. The van der Waals surface area contributed by atoms with Crippen LogP contribution in [0.15, 0.2) is 30.3 Å². The highest BCUT2D eigenvalue weighted by Crippen LogP contribution is 2.34. The van der Waals surface area contributed by atoms with Crippen LogP contribution in [0.4, 0.5) is 13.2 Å². The molecule has 0 spiro atoms. The average Bonchev–Trinajstić information content (AvgIpc) is 2.91. The summed E-state index contributed by atoms with van der Waals surface area (Å²) in [6.07, 6.45) is 1.62. The fourth-order valence-electron chi connectivity index (χ4n) is 3.03. The summed E-state index contributed by atoms with van der Waals surface area (Å²) in [6, 6.07) is 6.65. The summed E-state index contributed by atoms with van der Waals surface area (Å²) in [6.45, 7) is -0.357. The van der Waals surface area contributed by atoms with Gasteiger partial charge in [-0.15, -0.1) is 0 Å². The maximum absolute atomic E-state index is 13.4. The van der Waals surface area contributed by atoms with Gasteiger partial charge in [0.25, 0.3) is 0 Å². The highest BCUT2D eigenvalue weighted by Gasteiger charge is 2.26. The zero-order valence-corrected chi connectivity index (χ0v) is 12.9. The second-order valence-electron chi connectivity index (χ2n) is 5.63. The van der Waals surface area contributed by atoms with Crippen molar-refractivity contribution in [3.63, 3.8) is 0 Å². The first-order chi connectivity index (χ1) is 11.0. The van der Waals surface area contributed by atoms with Crippen LogP contribution in [-0.2, 0) is 6.42 Å². The van der Waals surface area contributed by atoms with E-state index in [4.69, 9.17) is 11.6 Å². The quantitative estimate of drug-likeness (QED) is 0.822. The van der Waals surface area contributed by atoms with Crippen molar-refractivity contribution in [2.45, 2.75) is 24.9 Å². The SMILES string of the molecule is OCC(NC1CCc2cc(Cl)ccc21)c1cc(F)c(F)c(F)c1. The van der Waals surface area contributed by atoms with Crippen molar-refractivity contribution in [1.29, 1.82) is 0 Å². The number of hydrogen-bond donors (Lipinski definition) is 2. The smallest absolute Gasteiger partial charge is 0.194 e. The summed E-state index contributed by atoms with van der Waals surface area (Å²) < 4.78 is 39.9. The van der Waals surface area contributed by atoms with Crippen LogP contribution < -0.4 is 5.32 Å². The Bertz CT molecular complexity index is 715. The number of fused-ring (bicyclic) bond motifs is 1. The third-order valence-electron chi connectivity index (χ3n) is 4.18. The van der Waals surface area contributed by atoms with Crippen LogP contribution >= 0.6 is 11.6 Å². The number of hydrogen-bond acceptors (Lipinski definition) is 2. The first-order valence-corrected chi connectivity index (χ1v) is 7.67. The molecule has 0 bridgehead atoms. The molecule has 0 saturated carbocycles. The van der Waals surface area contributed by atoms with Crippen LogP contribution in [0.5, 0.6) is 0 Å². The zero-order chi connectivity index (χ0) is 16.6. The van der Waals surface area contributed by atoms with E-state index in [1.54, 1.807) is 6.07 Å². The molecule has 0 radical (unpaired) electrons. The minimum absolute atomic E-state index is 0.0596. The Morgan fingerprint density at radius 2 is 1.87 bits per heavy atom. The van der Waals surface area contributed by atoms with Gasteiger partial charge in [-0.3, -0.25) is 0 Å². The van der Waals surface area contributed by atoms with Crippen molar-refractivity contribution in [3.8, 4) is 0 Å². The molecule has 2 unspecified atom stereocenters. The third kappa shape index (κ3) is 3.22. The summed E-state index contributed by atoms with van der Waals surface area (Å²) in [7, 11) is 0. The topological polar surface area (TPSA) is 32.3 Å². The van der Waals surface area contributed by atoms with Crippen LogP contribution in [0.3, 0.4) is 0 Å². The van der Waals surface area contributed by atoms with Gasteiger partial charge in [0.1, 0.15) is 0 Å². The normalized spacial score (nSPS) is 18.0. The summed E-state index contributed by atoms with van der Waals surface area (Å²) >= 11 is 5.97. The monoisotopic (exact) mass is 341 g/mol. The minimum atomic E-state index is -1.51. The number of nitrogens with one attached hydrogen (secondary N) is 1. The van der Waals surface area contributed by atoms with Gasteiger partial charge in [0.15, 0.2) is 17.5 Å². The lowest BCUT2D eigenvalue weighted by Crippen LogP contribution is -2.28. The summed E-state index contributed by atoms with van der Waals surface area (Å²) in [5.74, 6) is -4.04. The molecule has 122 valence electrons. The molecule has 3 rings (SSSR count). The zero-order valence-electron chi connectivity index (χ0n) is 12.1. The minimum Gasteiger partial charge on any atom is -0.394 e. The highest BCUT2D eigenvalue weighted by molar-refractivity contribution is 6.30. The summed E-state index contributed by atoms with van der Waals surface area (Å²) in [5, 5.41) is 13.4. The van der Waals surface area contributed by atoms with Gasteiger partial charge >= 0.3 is 0 Å². The van der Waals surface area contributed by atoms with E-state index < -0.39 is 23.5 Å². The van der Waals surface area contributed by atoms with E-state index in [0.717, 1.165) is 36.1 Å². The number of halogens is 4. The molecule has 0 aromatic heterocycles. The average molecular weight is 342 g/mol. The second kappa shape index (κ2) is 6.51. The van der Waals surface area contributed by atoms with Gasteiger partial charge in [0, 0.05) is 11.1 Å². The molecule has 1 aliphatic rings. The van der Waals surface area contributed by atoms with Crippen molar-refractivity contribution >= 4 is 11.6 Å². The second-order valence-corrected chi connectivity index (χ2v) is 6.07. The molecule has 0 aliphatic heterocycles. The molecular weight excluding hydrogens is 327 g/mol. The summed E-state index contributed by atoms with van der Waals surface area (Å²) in [5.41, 5.74) is 2.34. The van der Waals surface area contributed by atoms with E-state index in [-0.39, 0.29) is 18.2 Å². The number of benzene rings is 2. The predicted molar refractivity (Wildman–Crippen MR) is 81.8 cm³/mol. The Balaban J connectivity index is 1.84. The van der Waals surface area contributed by atoms with E-state index in [0.29, 0.717) is 5.02 Å².